The summed E-state index contributed by atoms with van der Waals surface area (Å²) in [6, 6.07) is 16.9. The van der Waals surface area contributed by atoms with E-state index in [-0.39, 0.29) is 18.3 Å². The predicted octanol–water partition coefficient (Wildman–Crippen LogP) is 2.75. The number of halogens is 1. The van der Waals surface area contributed by atoms with Crippen LogP contribution >= 0.6 is 12.4 Å². The molecule has 5 heteroatoms. The van der Waals surface area contributed by atoms with Gasteiger partial charge in [0.15, 0.2) is 6.04 Å². The average molecular weight is 306 g/mol. The normalized spacial score (nSPS) is 10.9. The van der Waals surface area contributed by atoms with Crippen molar-refractivity contribution >= 4 is 24.3 Å². The zero-order chi connectivity index (χ0) is 14.4. The summed E-state index contributed by atoms with van der Waals surface area (Å²) in [5, 5.41) is 2.69. The molecule has 110 valence electrons. The number of hydrogen-bond donors (Lipinski definition) is 1. The second-order valence-electron chi connectivity index (χ2n) is 4.21. The summed E-state index contributed by atoms with van der Waals surface area (Å²) < 4.78 is 4.75. The Morgan fingerprint density at radius 1 is 0.952 bits per heavy atom. The van der Waals surface area contributed by atoms with E-state index in [0.717, 1.165) is 0 Å². The molecular formula is C16H16ClNO3. The number of nitrogens with one attached hydrogen (secondary N) is 1. The Hall–Kier alpha value is -2.33. The molecule has 0 radical (unpaired) electrons. The van der Waals surface area contributed by atoms with Gasteiger partial charge in [-0.15, -0.1) is 12.4 Å². The first-order chi connectivity index (χ1) is 9.72. The minimum atomic E-state index is -0.811. The predicted molar refractivity (Wildman–Crippen MR) is 82.4 cm³/mol. The van der Waals surface area contributed by atoms with Crippen molar-refractivity contribution in [1.29, 1.82) is 0 Å². The molecule has 0 saturated heterocycles. The molecule has 1 N–H and O–H groups in total. The Morgan fingerprint density at radius 3 is 2.00 bits per heavy atom. The lowest BCUT2D eigenvalue weighted by atomic mass is 10.1. The molecule has 2 rings (SSSR count). The van der Waals surface area contributed by atoms with Crippen LogP contribution in [0.2, 0.25) is 0 Å². The minimum Gasteiger partial charge on any atom is -0.467 e. The molecule has 0 fully saturated rings. The van der Waals surface area contributed by atoms with Gasteiger partial charge in [-0.25, -0.2) is 4.79 Å². The molecule has 0 spiro atoms. The van der Waals surface area contributed by atoms with E-state index in [4.69, 9.17) is 4.74 Å². The minimum absolute atomic E-state index is 0. The average Bonchev–Trinajstić information content (AvgIpc) is 2.53. The molecule has 1 atom stereocenters. The molecule has 2 aromatic carbocycles. The van der Waals surface area contributed by atoms with Crippen molar-refractivity contribution in [2.75, 3.05) is 7.11 Å². The molecule has 4 nitrogen and oxygen atoms in total. The fourth-order valence-electron chi connectivity index (χ4n) is 1.85. The number of amides is 1. The molecule has 1 amide bonds. The summed E-state index contributed by atoms with van der Waals surface area (Å²) in [7, 11) is 1.30. The van der Waals surface area contributed by atoms with Crippen molar-refractivity contribution in [3.05, 3.63) is 71.8 Å². The van der Waals surface area contributed by atoms with Crippen LogP contribution in [0.5, 0.6) is 0 Å². The lowest BCUT2D eigenvalue weighted by Gasteiger charge is -2.16. The lowest BCUT2D eigenvalue weighted by Crippen LogP contribution is -2.34. The summed E-state index contributed by atoms with van der Waals surface area (Å²) in [6.07, 6.45) is 0. The molecule has 21 heavy (non-hydrogen) atoms. The van der Waals surface area contributed by atoms with Crippen molar-refractivity contribution in [2.24, 2.45) is 0 Å². The molecule has 0 heterocycles. The van der Waals surface area contributed by atoms with Gasteiger partial charge in [0, 0.05) is 5.56 Å². The Bertz CT molecular complexity index is 587. The zero-order valence-electron chi connectivity index (χ0n) is 11.5. The van der Waals surface area contributed by atoms with Gasteiger partial charge in [0.1, 0.15) is 0 Å². The second kappa shape index (κ2) is 8.07. The van der Waals surface area contributed by atoms with Crippen LogP contribution < -0.4 is 5.32 Å². The molecule has 1 unspecified atom stereocenters. The second-order valence-corrected chi connectivity index (χ2v) is 4.21. The van der Waals surface area contributed by atoms with Crippen LogP contribution in [0.15, 0.2) is 60.7 Å². The van der Waals surface area contributed by atoms with E-state index in [9.17, 15) is 9.59 Å². The number of carbonyl (C=O) groups is 2. The number of methoxy groups -OCH3 is 1. The van der Waals surface area contributed by atoms with Crippen LogP contribution in [0.1, 0.15) is 22.0 Å². The van der Waals surface area contributed by atoms with E-state index < -0.39 is 12.0 Å². The molecule has 0 bridgehead atoms. The Balaban J connectivity index is 0.00000220. The maximum absolute atomic E-state index is 12.1. The monoisotopic (exact) mass is 305 g/mol. The molecule has 2 aromatic rings. The first-order valence-corrected chi connectivity index (χ1v) is 6.21. The first-order valence-electron chi connectivity index (χ1n) is 6.21. The molecule has 0 aromatic heterocycles. The van der Waals surface area contributed by atoms with Crippen LogP contribution in [0.4, 0.5) is 0 Å². The van der Waals surface area contributed by atoms with Crippen molar-refractivity contribution in [2.45, 2.75) is 6.04 Å². The van der Waals surface area contributed by atoms with Gasteiger partial charge in [-0.1, -0.05) is 48.5 Å². The summed E-state index contributed by atoms with van der Waals surface area (Å²) in [5.74, 6) is -0.815. The van der Waals surface area contributed by atoms with E-state index in [1.54, 1.807) is 48.5 Å². The fourth-order valence-corrected chi connectivity index (χ4v) is 1.85. The SMILES string of the molecule is COC(=O)C(NC(=O)c1ccccc1)c1ccccc1.Cl. The number of benzene rings is 2. The van der Waals surface area contributed by atoms with E-state index >= 15 is 0 Å². The standard InChI is InChI=1S/C16H15NO3.ClH/c1-20-16(19)14(12-8-4-2-5-9-12)17-15(18)13-10-6-3-7-11-13;/h2-11,14H,1H3,(H,17,18);1H. The highest BCUT2D eigenvalue weighted by Crippen LogP contribution is 2.15. The fraction of sp³-hybridized carbons (Fsp3) is 0.125. The highest BCUT2D eigenvalue weighted by Gasteiger charge is 2.23. The topological polar surface area (TPSA) is 55.4 Å². The molecule has 0 aliphatic carbocycles. The number of ether oxygens (including phenoxy) is 1. The van der Waals surface area contributed by atoms with Crippen LogP contribution in [0.25, 0.3) is 0 Å². The number of carbonyl (C=O) groups excluding carboxylic acids is 2. The maximum atomic E-state index is 12.1. The summed E-state index contributed by atoms with van der Waals surface area (Å²) in [6.45, 7) is 0. The number of esters is 1. The van der Waals surface area contributed by atoms with Crippen molar-refractivity contribution in [1.82, 2.24) is 5.32 Å². The molecular weight excluding hydrogens is 290 g/mol. The van der Waals surface area contributed by atoms with Crippen LogP contribution in [-0.4, -0.2) is 19.0 Å². The zero-order valence-corrected chi connectivity index (χ0v) is 12.3. The van der Waals surface area contributed by atoms with Crippen molar-refractivity contribution in [3.63, 3.8) is 0 Å². The van der Waals surface area contributed by atoms with Crippen molar-refractivity contribution in [3.8, 4) is 0 Å². The number of hydrogen-bond acceptors (Lipinski definition) is 3. The van der Waals surface area contributed by atoms with Gasteiger partial charge in [-0.2, -0.15) is 0 Å². The van der Waals surface area contributed by atoms with Gasteiger partial charge in [0.2, 0.25) is 0 Å². The van der Waals surface area contributed by atoms with Crippen LogP contribution in [0, 0.1) is 0 Å². The van der Waals surface area contributed by atoms with Crippen LogP contribution in [-0.2, 0) is 9.53 Å². The summed E-state index contributed by atoms with van der Waals surface area (Å²) in [5.41, 5.74) is 1.18. The highest BCUT2D eigenvalue weighted by molar-refractivity contribution is 5.97. The third-order valence-corrected chi connectivity index (χ3v) is 2.88. The lowest BCUT2D eigenvalue weighted by molar-refractivity contribution is -0.143. The summed E-state index contributed by atoms with van der Waals surface area (Å²) >= 11 is 0. The Labute approximate surface area is 129 Å². The van der Waals surface area contributed by atoms with Gasteiger partial charge in [0.05, 0.1) is 7.11 Å². The molecule has 0 saturated carbocycles. The van der Waals surface area contributed by atoms with E-state index in [1.165, 1.54) is 7.11 Å². The smallest absolute Gasteiger partial charge is 0.333 e. The maximum Gasteiger partial charge on any atom is 0.333 e. The van der Waals surface area contributed by atoms with E-state index in [0.29, 0.717) is 11.1 Å². The molecule has 0 aliphatic heterocycles. The van der Waals surface area contributed by atoms with E-state index in [2.05, 4.69) is 5.32 Å². The Kier molecular flexibility index (Phi) is 6.43. The van der Waals surface area contributed by atoms with Gasteiger partial charge in [-0.05, 0) is 17.7 Å². The third kappa shape index (κ3) is 4.33. The largest absolute Gasteiger partial charge is 0.467 e. The third-order valence-electron chi connectivity index (χ3n) is 2.88. The van der Waals surface area contributed by atoms with Gasteiger partial charge >= 0.3 is 5.97 Å². The van der Waals surface area contributed by atoms with E-state index in [1.807, 2.05) is 12.1 Å². The number of rotatable bonds is 4. The highest BCUT2D eigenvalue weighted by atomic mass is 35.5. The van der Waals surface area contributed by atoms with Gasteiger partial charge in [-0.3, -0.25) is 4.79 Å². The van der Waals surface area contributed by atoms with Crippen molar-refractivity contribution < 1.29 is 14.3 Å². The Morgan fingerprint density at radius 2 is 1.48 bits per heavy atom. The van der Waals surface area contributed by atoms with Gasteiger partial charge < -0.3 is 10.1 Å². The molecule has 0 aliphatic rings. The van der Waals surface area contributed by atoms with Gasteiger partial charge in [0.25, 0.3) is 5.91 Å². The quantitative estimate of drug-likeness (QED) is 0.884. The van der Waals surface area contributed by atoms with Crippen LogP contribution in [0.3, 0.4) is 0 Å². The summed E-state index contributed by atoms with van der Waals surface area (Å²) in [4.78, 5) is 24.0. The first kappa shape index (κ1) is 16.7.